The molecule has 2 aromatic rings. The van der Waals surface area contributed by atoms with Gasteiger partial charge in [0.2, 0.25) is 0 Å². The first kappa shape index (κ1) is 16.9. The van der Waals surface area contributed by atoms with Crippen LogP contribution in [0.4, 0.5) is 0 Å². The minimum Gasteiger partial charge on any atom is -0.481 e. The molecular weight excluding hydrogens is 348 g/mol. The molecule has 1 aliphatic heterocycles. The maximum atomic E-state index is 12.7. The summed E-state index contributed by atoms with van der Waals surface area (Å²) in [5, 5.41) is 10.4. The molecule has 0 unspecified atom stereocenters. The van der Waals surface area contributed by atoms with Crippen molar-refractivity contribution in [2.24, 2.45) is 5.92 Å². The second-order valence-electron chi connectivity index (χ2n) is 5.82. The summed E-state index contributed by atoms with van der Waals surface area (Å²) >= 11 is 7.54. The maximum Gasteiger partial charge on any atom is 0.306 e. The Hall–Kier alpha value is -1.92. The van der Waals surface area contributed by atoms with Gasteiger partial charge in [-0.15, -0.1) is 11.3 Å². The van der Waals surface area contributed by atoms with Gasteiger partial charge >= 0.3 is 5.97 Å². The van der Waals surface area contributed by atoms with Crippen molar-refractivity contribution in [1.82, 2.24) is 9.88 Å². The van der Waals surface area contributed by atoms with Crippen LogP contribution in [-0.4, -0.2) is 40.0 Å². The smallest absolute Gasteiger partial charge is 0.306 e. The Bertz CT molecular complexity index is 782. The number of piperidine rings is 1. The van der Waals surface area contributed by atoms with Crippen molar-refractivity contribution in [2.75, 3.05) is 13.1 Å². The Balaban J connectivity index is 1.80. The molecule has 0 aliphatic carbocycles. The lowest BCUT2D eigenvalue weighted by Gasteiger charge is -2.29. The summed E-state index contributed by atoms with van der Waals surface area (Å²) in [7, 11) is 0. The molecule has 7 heteroatoms. The number of benzene rings is 1. The molecule has 3 rings (SSSR count). The van der Waals surface area contributed by atoms with Crippen LogP contribution in [0.1, 0.15) is 28.2 Å². The minimum absolute atomic E-state index is 0.0767. The molecule has 0 saturated carbocycles. The van der Waals surface area contributed by atoms with Crippen LogP contribution in [0, 0.1) is 12.8 Å². The summed E-state index contributed by atoms with van der Waals surface area (Å²) in [5.41, 5.74) is 1.50. The molecule has 0 radical (unpaired) electrons. The third-order valence-corrected chi connectivity index (χ3v) is 5.73. The molecular formula is C17H17ClN2O3S. The third-order valence-electron chi connectivity index (χ3n) is 4.23. The van der Waals surface area contributed by atoms with Crippen LogP contribution in [0.15, 0.2) is 24.3 Å². The molecule has 0 atom stereocenters. The van der Waals surface area contributed by atoms with Gasteiger partial charge in [0.25, 0.3) is 5.91 Å². The largest absolute Gasteiger partial charge is 0.481 e. The van der Waals surface area contributed by atoms with E-state index < -0.39 is 5.97 Å². The number of aliphatic carboxylic acids is 1. The highest BCUT2D eigenvalue weighted by Crippen LogP contribution is 2.33. The van der Waals surface area contributed by atoms with E-state index in [1.54, 1.807) is 11.0 Å². The highest BCUT2D eigenvalue weighted by atomic mass is 35.5. The number of likely N-dealkylation sites (tertiary alicyclic amines) is 1. The Morgan fingerprint density at radius 3 is 2.58 bits per heavy atom. The van der Waals surface area contributed by atoms with E-state index in [1.807, 2.05) is 25.1 Å². The van der Waals surface area contributed by atoms with Crippen LogP contribution >= 0.6 is 22.9 Å². The fourth-order valence-electron chi connectivity index (χ4n) is 2.82. The Kier molecular flexibility index (Phi) is 4.87. The van der Waals surface area contributed by atoms with E-state index in [-0.39, 0.29) is 11.8 Å². The third kappa shape index (κ3) is 3.30. The van der Waals surface area contributed by atoms with Gasteiger partial charge in [-0.3, -0.25) is 9.59 Å². The average Bonchev–Trinajstić information content (AvgIpc) is 2.96. The predicted octanol–water partition coefficient (Wildman–Crippen LogP) is 3.71. The molecule has 1 N–H and O–H groups in total. The number of carbonyl (C=O) groups is 2. The zero-order valence-corrected chi connectivity index (χ0v) is 14.7. The van der Waals surface area contributed by atoms with E-state index in [0.717, 1.165) is 10.6 Å². The van der Waals surface area contributed by atoms with Crippen LogP contribution < -0.4 is 0 Å². The lowest BCUT2D eigenvalue weighted by molar-refractivity contribution is -0.143. The molecule has 1 saturated heterocycles. The summed E-state index contributed by atoms with van der Waals surface area (Å²) in [5.74, 6) is -1.21. The molecule has 5 nitrogen and oxygen atoms in total. The van der Waals surface area contributed by atoms with E-state index >= 15 is 0 Å². The summed E-state index contributed by atoms with van der Waals surface area (Å²) < 4.78 is 0. The van der Waals surface area contributed by atoms with Crippen molar-refractivity contribution >= 4 is 34.8 Å². The van der Waals surface area contributed by atoms with Gasteiger partial charge < -0.3 is 10.0 Å². The number of aryl methyl sites for hydroxylation is 1. The Morgan fingerprint density at radius 2 is 1.96 bits per heavy atom. The fraction of sp³-hybridized carbons (Fsp3) is 0.353. The number of carbonyl (C=O) groups excluding carboxylic acids is 1. The fourth-order valence-corrected chi connectivity index (χ4v) is 4.17. The first-order valence-corrected chi connectivity index (χ1v) is 8.91. The molecule has 1 aromatic heterocycles. The van der Waals surface area contributed by atoms with Crippen molar-refractivity contribution in [3.63, 3.8) is 0 Å². The summed E-state index contributed by atoms with van der Waals surface area (Å²) in [4.78, 5) is 30.6. The van der Waals surface area contributed by atoms with E-state index in [1.165, 1.54) is 11.3 Å². The normalized spacial score (nSPS) is 15.5. The zero-order chi connectivity index (χ0) is 17.3. The summed E-state index contributed by atoms with van der Waals surface area (Å²) in [6.45, 7) is 2.75. The van der Waals surface area contributed by atoms with Crippen molar-refractivity contribution < 1.29 is 14.7 Å². The van der Waals surface area contributed by atoms with Crippen LogP contribution in [0.25, 0.3) is 10.6 Å². The number of carboxylic acids is 1. The highest BCUT2D eigenvalue weighted by Gasteiger charge is 2.29. The first-order valence-electron chi connectivity index (χ1n) is 7.71. The van der Waals surface area contributed by atoms with Crippen LogP contribution in [-0.2, 0) is 4.79 Å². The topological polar surface area (TPSA) is 70.5 Å². The molecule has 1 amide bonds. The zero-order valence-electron chi connectivity index (χ0n) is 13.2. The molecule has 126 valence electrons. The number of hydrogen-bond acceptors (Lipinski definition) is 4. The Morgan fingerprint density at radius 1 is 1.29 bits per heavy atom. The van der Waals surface area contributed by atoms with Gasteiger partial charge in [0.05, 0.1) is 16.6 Å². The van der Waals surface area contributed by atoms with E-state index in [9.17, 15) is 9.59 Å². The van der Waals surface area contributed by atoms with Crippen LogP contribution in [0.3, 0.4) is 0 Å². The SMILES string of the molecule is Cc1nc(-c2ccccc2Cl)sc1C(=O)N1CCC(C(=O)O)CC1. The average molecular weight is 365 g/mol. The van der Waals surface area contributed by atoms with E-state index in [0.29, 0.717) is 41.5 Å². The second-order valence-corrected chi connectivity index (χ2v) is 7.22. The maximum absolute atomic E-state index is 12.7. The monoisotopic (exact) mass is 364 g/mol. The number of nitrogens with zero attached hydrogens (tertiary/aromatic N) is 2. The van der Waals surface area contributed by atoms with Crippen LogP contribution in [0.5, 0.6) is 0 Å². The molecule has 0 bridgehead atoms. The number of thiazole rings is 1. The number of rotatable bonds is 3. The van der Waals surface area contributed by atoms with E-state index in [4.69, 9.17) is 16.7 Å². The van der Waals surface area contributed by atoms with Gasteiger partial charge in [0.15, 0.2) is 0 Å². The quantitative estimate of drug-likeness (QED) is 0.901. The molecule has 0 spiro atoms. The lowest BCUT2D eigenvalue weighted by atomic mass is 9.97. The second kappa shape index (κ2) is 6.91. The molecule has 2 heterocycles. The molecule has 1 aromatic carbocycles. The number of halogens is 1. The number of amides is 1. The summed E-state index contributed by atoms with van der Waals surface area (Å²) in [6, 6.07) is 7.42. The van der Waals surface area contributed by atoms with Gasteiger partial charge in [0, 0.05) is 18.7 Å². The number of aromatic nitrogens is 1. The van der Waals surface area contributed by atoms with Gasteiger partial charge in [-0.25, -0.2) is 4.98 Å². The Labute approximate surface area is 148 Å². The van der Waals surface area contributed by atoms with Gasteiger partial charge in [-0.1, -0.05) is 29.8 Å². The van der Waals surface area contributed by atoms with Crippen LogP contribution in [0.2, 0.25) is 5.02 Å². The highest BCUT2D eigenvalue weighted by molar-refractivity contribution is 7.17. The van der Waals surface area contributed by atoms with Crippen molar-refractivity contribution in [3.8, 4) is 10.6 Å². The lowest BCUT2D eigenvalue weighted by Crippen LogP contribution is -2.40. The minimum atomic E-state index is -0.780. The van der Waals surface area contributed by atoms with Gasteiger partial charge in [-0.05, 0) is 25.8 Å². The summed E-state index contributed by atoms with van der Waals surface area (Å²) in [6.07, 6.45) is 0.993. The number of hydrogen-bond donors (Lipinski definition) is 1. The number of carboxylic acid groups (broad SMARTS) is 1. The van der Waals surface area contributed by atoms with Gasteiger partial charge in [0.1, 0.15) is 9.88 Å². The molecule has 1 aliphatic rings. The predicted molar refractivity (Wildman–Crippen MR) is 93.6 cm³/mol. The van der Waals surface area contributed by atoms with E-state index in [2.05, 4.69) is 4.98 Å². The standard InChI is InChI=1S/C17H17ClN2O3S/c1-10-14(16(21)20-8-6-11(7-9-20)17(22)23)24-15(19-10)12-4-2-3-5-13(12)18/h2-5,11H,6-9H2,1H3,(H,22,23). The van der Waals surface area contributed by atoms with Crippen molar-refractivity contribution in [1.29, 1.82) is 0 Å². The molecule has 24 heavy (non-hydrogen) atoms. The van der Waals surface area contributed by atoms with Crippen molar-refractivity contribution in [3.05, 3.63) is 39.9 Å². The molecule has 1 fully saturated rings. The van der Waals surface area contributed by atoms with Gasteiger partial charge in [-0.2, -0.15) is 0 Å². The van der Waals surface area contributed by atoms with Crippen molar-refractivity contribution in [2.45, 2.75) is 19.8 Å². The first-order chi connectivity index (χ1) is 11.5.